The molecular formula is C10H10BrClN4. The van der Waals surface area contributed by atoms with Crippen LogP contribution in [0.15, 0.2) is 29.1 Å². The molecule has 16 heavy (non-hydrogen) atoms. The number of pyridine rings is 1. The summed E-state index contributed by atoms with van der Waals surface area (Å²) in [5, 5.41) is 3.68. The minimum absolute atomic E-state index is 0.461. The molecule has 0 aromatic carbocycles. The lowest BCUT2D eigenvalue weighted by atomic mass is 10.4. The second-order valence-corrected chi connectivity index (χ2v) is 4.52. The summed E-state index contributed by atoms with van der Waals surface area (Å²) < 4.78 is 2.74. The Hall–Kier alpha value is -1.07. The highest BCUT2D eigenvalue weighted by atomic mass is 79.9. The molecule has 0 fully saturated rings. The van der Waals surface area contributed by atoms with Crippen molar-refractivity contribution in [2.75, 3.05) is 5.32 Å². The number of halogens is 2. The number of anilines is 1. The molecule has 0 amide bonds. The van der Waals surface area contributed by atoms with Crippen molar-refractivity contribution in [1.29, 1.82) is 0 Å². The summed E-state index contributed by atoms with van der Waals surface area (Å²) in [7, 11) is 1.96. The van der Waals surface area contributed by atoms with E-state index in [4.69, 9.17) is 11.6 Å². The molecule has 0 aliphatic carbocycles. The molecule has 0 radical (unpaired) electrons. The highest BCUT2D eigenvalue weighted by Gasteiger charge is 2.02. The zero-order valence-electron chi connectivity index (χ0n) is 8.61. The minimum Gasteiger partial charge on any atom is -0.377 e. The SMILES string of the molecule is Cn1ccnc1CNc1cnc(Cl)c(Br)c1. The van der Waals surface area contributed by atoms with Gasteiger partial charge in [-0.25, -0.2) is 9.97 Å². The molecule has 0 atom stereocenters. The average molecular weight is 302 g/mol. The zero-order valence-corrected chi connectivity index (χ0v) is 11.0. The van der Waals surface area contributed by atoms with E-state index in [1.54, 1.807) is 12.4 Å². The Kier molecular flexibility index (Phi) is 3.46. The fraction of sp³-hybridized carbons (Fsp3) is 0.200. The second-order valence-electron chi connectivity index (χ2n) is 3.30. The molecule has 0 saturated heterocycles. The zero-order chi connectivity index (χ0) is 11.5. The molecule has 2 heterocycles. The Morgan fingerprint density at radius 3 is 2.94 bits per heavy atom. The van der Waals surface area contributed by atoms with Crippen LogP contribution in [0.5, 0.6) is 0 Å². The lowest BCUT2D eigenvalue weighted by Gasteiger charge is -2.06. The van der Waals surface area contributed by atoms with Crippen molar-refractivity contribution in [2.24, 2.45) is 7.05 Å². The van der Waals surface area contributed by atoms with Crippen LogP contribution in [0.3, 0.4) is 0 Å². The summed E-state index contributed by atoms with van der Waals surface area (Å²) >= 11 is 9.13. The van der Waals surface area contributed by atoms with Crippen molar-refractivity contribution in [3.8, 4) is 0 Å². The van der Waals surface area contributed by atoms with Crippen molar-refractivity contribution in [1.82, 2.24) is 14.5 Å². The normalized spacial score (nSPS) is 10.4. The molecule has 0 aliphatic rings. The van der Waals surface area contributed by atoms with Crippen LogP contribution in [-0.4, -0.2) is 14.5 Å². The van der Waals surface area contributed by atoms with Gasteiger partial charge in [0, 0.05) is 19.4 Å². The molecule has 84 valence electrons. The lowest BCUT2D eigenvalue weighted by molar-refractivity contribution is 0.812. The van der Waals surface area contributed by atoms with Crippen LogP contribution >= 0.6 is 27.5 Å². The van der Waals surface area contributed by atoms with E-state index in [1.807, 2.05) is 23.9 Å². The Balaban J connectivity index is 2.05. The smallest absolute Gasteiger partial charge is 0.143 e. The third kappa shape index (κ3) is 2.54. The molecule has 2 aromatic rings. The maximum absolute atomic E-state index is 5.80. The van der Waals surface area contributed by atoms with Gasteiger partial charge in [0.2, 0.25) is 0 Å². The van der Waals surface area contributed by atoms with E-state index in [0.717, 1.165) is 16.0 Å². The van der Waals surface area contributed by atoms with Gasteiger partial charge in [-0.3, -0.25) is 0 Å². The largest absolute Gasteiger partial charge is 0.377 e. The van der Waals surface area contributed by atoms with E-state index >= 15 is 0 Å². The van der Waals surface area contributed by atoms with Crippen LogP contribution in [0, 0.1) is 0 Å². The first-order valence-corrected chi connectivity index (χ1v) is 5.85. The second kappa shape index (κ2) is 4.84. The Bertz CT molecular complexity index is 497. The molecule has 2 rings (SSSR count). The first-order valence-electron chi connectivity index (χ1n) is 4.68. The van der Waals surface area contributed by atoms with Crippen LogP contribution in [0.4, 0.5) is 5.69 Å². The number of imidazole rings is 1. The fourth-order valence-corrected chi connectivity index (χ4v) is 1.72. The molecule has 0 aliphatic heterocycles. The predicted octanol–water partition coefficient (Wildman–Crippen LogP) is 2.84. The molecule has 0 saturated carbocycles. The molecule has 2 aromatic heterocycles. The van der Waals surface area contributed by atoms with Gasteiger partial charge in [0.15, 0.2) is 0 Å². The minimum atomic E-state index is 0.461. The van der Waals surface area contributed by atoms with Gasteiger partial charge < -0.3 is 9.88 Å². The summed E-state index contributed by atoms with van der Waals surface area (Å²) in [5.74, 6) is 0.964. The lowest BCUT2D eigenvalue weighted by Crippen LogP contribution is -2.05. The summed E-state index contributed by atoms with van der Waals surface area (Å²) in [5.41, 5.74) is 0.902. The van der Waals surface area contributed by atoms with E-state index in [-0.39, 0.29) is 0 Å². The maximum Gasteiger partial charge on any atom is 0.143 e. The molecule has 0 unspecified atom stereocenters. The van der Waals surface area contributed by atoms with Crippen LogP contribution in [0.2, 0.25) is 5.15 Å². The number of hydrogen-bond donors (Lipinski definition) is 1. The number of aryl methyl sites for hydroxylation is 1. The Morgan fingerprint density at radius 2 is 2.31 bits per heavy atom. The molecule has 1 N–H and O–H groups in total. The van der Waals surface area contributed by atoms with Crippen LogP contribution in [0.1, 0.15) is 5.82 Å². The van der Waals surface area contributed by atoms with Gasteiger partial charge in [0.05, 0.1) is 22.9 Å². The fourth-order valence-electron chi connectivity index (χ4n) is 1.27. The molecule has 0 bridgehead atoms. The van der Waals surface area contributed by atoms with E-state index < -0.39 is 0 Å². The van der Waals surface area contributed by atoms with E-state index in [9.17, 15) is 0 Å². The first-order chi connectivity index (χ1) is 7.66. The summed E-state index contributed by atoms with van der Waals surface area (Å²) in [6.07, 6.45) is 5.37. The van der Waals surface area contributed by atoms with Gasteiger partial charge >= 0.3 is 0 Å². The molecule has 0 spiro atoms. The van der Waals surface area contributed by atoms with Gasteiger partial charge in [-0.05, 0) is 22.0 Å². The Labute approximate surface area is 107 Å². The summed E-state index contributed by atoms with van der Waals surface area (Å²) in [6, 6.07) is 1.89. The van der Waals surface area contributed by atoms with Crippen molar-refractivity contribution < 1.29 is 0 Å². The quantitative estimate of drug-likeness (QED) is 0.887. The van der Waals surface area contributed by atoms with E-state index in [1.165, 1.54) is 0 Å². The van der Waals surface area contributed by atoms with Gasteiger partial charge in [-0.15, -0.1) is 0 Å². The Morgan fingerprint density at radius 1 is 1.50 bits per heavy atom. The van der Waals surface area contributed by atoms with Crippen LogP contribution < -0.4 is 5.32 Å². The highest BCUT2D eigenvalue weighted by Crippen LogP contribution is 2.22. The number of rotatable bonds is 3. The first kappa shape index (κ1) is 11.4. The molecule has 4 nitrogen and oxygen atoms in total. The van der Waals surface area contributed by atoms with Gasteiger partial charge in [0.1, 0.15) is 11.0 Å². The van der Waals surface area contributed by atoms with Gasteiger partial charge in [-0.2, -0.15) is 0 Å². The van der Waals surface area contributed by atoms with Crippen LogP contribution in [-0.2, 0) is 13.6 Å². The average Bonchev–Trinajstić information content (AvgIpc) is 2.66. The van der Waals surface area contributed by atoms with E-state index in [0.29, 0.717) is 11.7 Å². The van der Waals surface area contributed by atoms with Gasteiger partial charge in [-0.1, -0.05) is 11.6 Å². The van der Waals surface area contributed by atoms with Crippen molar-refractivity contribution in [3.63, 3.8) is 0 Å². The molecular weight excluding hydrogens is 291 g/mol. The third-order valence-corrected chi connectivity index (χ3v) is 3.30. The molecule has 6 heteroatoms. The standard InChI is InChI=1S/C10H10BrClN4/c1-16-3-2-13-9(16)6-14-7-4-8(11)10(12)15-5-7/h2-5,14H,6H2,1H3. The van der Waals surface area contributed by atoms with Gasteiger partial charge in [0.25, 0.3) is 0 Å². The summed E-state index contributed by atoms with van der Waals surface area (Å²) in [6.45, 7) is 0.652. The monoisotopic (exact) mass is 300 g/mol. The number of hydrogen-bond acceptors (Lipinski definition) is 3. The predicted molar refractivity (Wildman–Crippen MR) is 67.5 cm³/mol. The summed E-state index contributed by atoms with van der Waals surface area (Å²) in [4.78, 5) is 8.24. The third-order valence-electron chi connectivity index (χ3n) is 2.17. The number of nitrogens with one attached hydrogen (secondary N) is 1. The number of nitrogens with zero attached hydrogens (tertiary/aromatic N) is 3. The van der Waals surface area contributed by atoms with Crippen molar-refractivity contribution in [2.45, 2.75) is 6.54 Å². The number of aromatic nitrogens is 3. The van der Waals surface area contributed by atoms with Crippen molar-refractivity contribution >= 4 is 33.2 Å². The maximum atomic E-state index is 5.80. The van der Waals surface area contributed by atoms with Crippen molar-refractivity contribution in [3.05, 3.63) is 40.1 Å². The van der Waals surface area contributed by atoms with Crippen LogP contribution in [0.25, 0.3) is 0 Å². The highest BCUT2D eigenvalue weighted by molar-refractivity contribution is 9.10. The van der Waals surface area contributed by atoms with E-state index in [2.05, 4.69) is 31.2 Å². The topological polar surface area (TPSA) is 42.7 Å².